The first-order chi connectivity index (χ1) is 10.0. The van der Waals surface area contributed by atoms with Gasteiger partial charge in [0.2, 0.25) is 5.88 Å². The van der Waals surface area contributed by atoms with Crippen LogP contribution in [0.2, 0.25) is 0 Å². The monoisotopic (exact) mass is 284 g/mol. The van der Waals surface area contributed by atoms with E-state index in [1.807, 2.05) is 26.8 Å². The summed E-state index contributed by atoms with van der Waals surface area (Å²) in [5, 5.41) is 15.2. The summed E-state index contributed by atoms with van der Waals surface area (Å²) in [4.78, 5) is 12.3. The van der Waals surface area contributed by atoms with Crippen molar-refractivity contribution in [2.45, 2.75) is 20.8 Å². The van der Waals surface area contributed by atoms with Crippen LogP contribution in [0.1, 0.15) is 32.7 Å². The maximum atomic E-state index is 12.3. The van der Waals surface area contributed by atoms with Crippen LogP contribution in [0.25, 0.3) is 0 Å². The number of aliphatic hydroxyl groups excluding tert-OH is 1. The Labute approximate surface area is 123 Å². The van der Waals surface area contributed by atoms with Crippen molar-refractivity contribution in [3.05, 3.63) is 46.1 Å². The van der Waals surface area contributed by atoms with E-state index in [1.54, 1.807) is 12.1 Å². The van der Waals surface area contributed by atoms with Gasteiger partial charge in [-0.25, -0.2) is 0 Å². The highest BCUT2D eigenvalue weighted by atomic mass is 16.5. The first-order valence-corrected chi connectivity index (χ1v) is 6.47. The molecule has 0 fully saturated rings. The molecular formula is C16H16N2O3. The number of hydrogen-bond acceptors (Lipinski definition) is 4. The third kappa shape index (κ3) is 3.30. The Balaban J connectivity index is 2.28. The van der Waals surface area contributed by atoms with Crippen molar-refractivity contribution in [3.8, 4) is 11.8 Å². The zero-order valence-corrected chi connectivity index (χ0v) is 12.2. The minimum Gasteiger partial charge on any atom is -0.384 e. The Hall–Kier alpha value is -2.58. The smallest absolute Gasteiger partial charge is 0.258 e. The molecule has 0 spiro atoms. The van der Waals surface area contributed by atoms with Gasteiger partial charge in [0, 0.05) is 16.7 Å². The Morgan fingerprint density at radius 3 is 2.76 bits per heavy atom. The molecule has 0 atom stereocenters. The van der Waals surface area contributed by atoms with Crippen LogP contribution >= 0.6 is 0 Å². The quantitative estimate of drug-likeness (QED) is 0.829. The predicted octanol–water partition coefficient (Wildman–Crippen LogP) is 2.20. The van der Waals surface area contributed by atoms with Gasteiger partial charge in [-0.15, -0.1) is 0 Å². The minimum atomic E-state index is -0.278. The molecular weight excluding hydrogens is 268 g/mol. The van der Waals surface area contributed by atoms with E-state index in [1.165, 1.54) is 0 Å². The number of nitrogens with zero attached hydrogens (tertiary/aromatic N) is 1. The van der Waals surface area contributed by atoms with Crippen LogP contribution in [0, 0.1) is 32.6 Å². The van der Waals surface area contributed by atoms with Gasteiger partial charge in [0.25, 0.3) is 5.91 Å². The molecule has 5 heteroatoms. The molecule has 2 aromatic rings. The molecule has 108 valence electrons. The van der Waals surface area contributed by atoms with Crippen LogP contribution in [0.15, 0.2) is 22.7 Å². The standard InChI is InChI=1S/C16H16N2O3/c1-10-6-7-13(5-4-8-19)9-14(10)15(20)17-16-11(2)12(3)18-21-16/h6-7,9,19H,8H2,1-3H3,(H,17,20). The number of aliphatic hydroxyl groups is 1. The summed E-state index contributed by atoms with van der Waals surface area (Å²) < 4.78 is 5.08. The van der Waals surface area contributed by atoms with Crippen LogP contribution in [0.5, 0.6) is 0 Å². The van der Waals surface area contributed by atoms with Crippen LogP contribution in [0.3, 0.4) is 0 Å². The fourth-order valence-electron chi connectivity index (χ4n) is 1.79. The highest BCUT2D eigenvalue weighted by Gasteiger charge is 2.15. The highest BCUT2D eigenvalue weighted by molar-refractivity contribution is 6.05. The lowest BCUT2D eigenvalue weighted by Crippen LogP contribution is -2.13. The van der Waals surface area contributed by atoms with Gasteiger partial charge in [0.15, 0.2) is 0 Å². The maximum Gasteiger partial charge on any atom is 0.258 e. The predicted molar refractivity (Wildman–Crippen MR) is 79.1 cm³/mol. The Morgan fingerprint density at radius 2 is 2.14 bits per heavy atom. The van der Waals surface area contributed by atoms with Crippen molar-refractivity contribution < 1.29 is 14.4 Å². The minimum absolute atomic E-state index is 0.216. The van der Waals surface area contributed by atoms with Gasteiger partial charge in [-0.05, 0) is 38.5 Å². The van der Waals surface area contributed by atoms with Gasteiger partial charge < -0.3 is 9.63 Å². The number of hydrogen-bond donors (Lipinski definition) is 2. The summed E-state index contributed by atoms with van der Waals surface area (Å²) in [6.45, 7) is 5.27. The lowest BCUT2D eigenvalue weighted by atomic mass is 10.0. The molecule has 21 heavy (non-hydrogen) atoms. The van der Waals surface area contributed by atoms with E-state index in [0.29, 0.717) is 17.0 Å². The van der Waals surface area contributed by atoms with Crippen molar-refractivity contribution in [1.29, 1.82) is 0 Å². The van der Waals surface area contributed by atoms with Crippen LogP contribution in [-0.4, -0.2) is 22.8 Å². The zero-order chi connectivity index (χ0) is 15.4. The number of carbonyl (C=O) groups excluding carboxylic acids is 1. The summed E-state index contributed by atoms with van der Waals surface area (Å²) >= 11 is 0. The van der Waals surface area contributed by atoms with Gasteiger partial charge in [-0.2, -0.15) is 0 Å². The van der Waals surface area contributed by atoms with Crippen molar-refractivity contribution in [2.75, 3.05) is 11.9 Å². The topological polar surface area (TPSA) is 75.4 Å². The van der Waals surface area contributed by atoms with Gasteiger partial charge in [-0.1, -0.05) is 23.1 Å². The summed E-state index contributed by atoms with van der Waals surface area (Å²) in [6.07, 6.45) is 0. The fraction of sp³-hybridized carbons (Fsp3) is 0.250. The summed E-state index contributed by atoms with van der Waals surface area (Å²) in [6, 6.07) is 5.30. The van der Waals surface area contributed by atoms with Gasteiger partial charge in [0.05, 0.1) is 5.69 Å². The van der Waals surface area contributed by atoms with Crippen molar-refractivity contribution in [2.24, 2.45) is 0 Å². The van der Waals surface area contributed by atoms with E-state index < -0.39 is 0 Å². The van der Waals surface area contributed by atoms with E-state index in [9.17, 15) is 4.79 Å². The molecule has 1 aromatic heterocycles. The van der Waals surface area contributed by atoms with Gasteiger partial charge in [-0.3, -0.25) is 10.1 Å². The fourth-order valence-corrected chi connectivity index (χ4v) is 1.79. The number of aryl methyl sites for hydroxylation is 2. The maximum absolute atomic E-state index is 12.3. The molecule has 1 amide bonds. The SMILES string of the molecule is Cc1ccc(C#CCO)cc1C(=O)Nc1onc(C)c1C. The first-order valence-electron chi connectivity index (χ1n) is 6.47. The first kappa shape index (κ1) is 14.8. The number of nitrogens with one attached hydrogen (secondary N) is 1. The lowest BCUT2D eigenvalue weighted by Gasteiger charge is -2.06. The molecule has 0 saturated carbocycles. The molecule has 0 aliphatic heterocycles. The zero-order valence-electron chi connectivity index (χ0n) is 12.2. The molecule has 0 saturated heterocycles. The molecule has 0 radical (unpaired) electrons. The molecule has 2 N–H and O–H groups in total. The average molecular weight is 284 g/mol. The van der Waals surface area contributed by atoms with E-state index >= 15 is 0 Å². The molecule has 0 unspecified atom stereocenters. The van der Waals surface area contributed by atoms with Crippen molar-refractivity contribution >= 4 is 11.8 Å². The third-order valence-corrected chi connectivity index (χ3v) is 3.18. The van der Waals surface area contributed by atoms with Crippen molar-refractivity contribution in [1.82, 2.24) is 5.16 Å². The summed E-state index contributed by atoms with van der Waals surface area (Å²) in [7, 11) is 0. The van der Waals surface area contributed by atoms with Crippen LogP contribution in [0.4, 0.5) is 5.88 Å². The normalized spacial score (nSPS) is 9.90. The summed E-state index contributed by atoms with van der Waals surface area (Å²) in [5.74, 6) is 5.41. The number of carbonyl (C=O) groups is 1. The Morgan fingerprint density at radius 1 is 1.38 bits per heavy atom. The van der Waals surface area contributed by atoms with E-state index in [2.05, 4.69) is 22.3 Å². The Bertz CT molecular complexity index is 736. The van der Waals surface area contributed by atoms with Crippen molar-refractivity contribution in [3.63, 3.8) is 0 Å². The Kier molecular flexibility index (Phi) is 4.41. The molecule has 2 rings (SSSR count). The van der Waals surface area contributed by atoms with Gasteiger partial charge in [0.1, 0.15) is 6.61 Å². The largest absolute Gasteiger partial charge is 0.384 e. The van der Waals surface area contributed by atoms with Crippen LogP contribution in [-0.2, 0) is 0 Å². The molecule has 5 nitrogen and oxygen atoms in total. The lowest BCUT2D eigenvalue weighted by molar-refractivity contribution is 0.102. The third-order valence-electron chi connectivity index (χ3n) is 3.18. The molecule has 0 aliphatic carbocycles. The number of amides is 1. The second kappa shape index (κ2) is 6.25. The molecule has 1 heterocycles. The molecule has 0 aliphatic rings. The number of benzene rings is 1. The average Bonchev–Trinajstić information content (AvgIpc) is 2.78. The summed E-state index contributed by atoms with van der Waals surface area (Å²) in [5.41, 5.74) is 3.55. The van der Waals surface area contributed by atoms with E-state index in [0.717, 1.165) is 16.8 Å². The number of aromatic nitrogens is 1. The van der Waals surface area contributed by atoms with Gasteiger partial charge >= 0.3 is 0 Å². The van der Waals surface area contributed by atoms with Crippen LogP contribution < -0.4 is 5.32 Å². The molecule has 1 aromatic carbocycles. The highest BCUT2D eigenvalue weighted by Crippen LogP contribution is 2.19. The number of anilines is 1. The second-order valence-corrected chi connectivity index (χ2v) is 4.67. The second-order valence-electron chi connectivity index (χ2n) is 4.67. The molecule has 0 bridgehead atoms. The number of rotatable bonds is 2. The van der Waals surface area contributed by atoms with E-state index in [4.69, 9.17) is 9.63 Å². The van der Waals surface area contributed by atoms with E-state index in [-0.39, 0.29) is 12.5 Å².